The Bertz CT molecular complexity index is 638. The monoisotopic (exact) mass is 293 g/mol. The van der Waals surface area contributed by atoms with Gasteiger partial charge < -0.3 is 0 Å². The molecule has 0 spiro atoms. The van der Waals surface area contributed by atoms with Crippen LogP contribution in [0, 0.1) is 6.92 Å². The second-order valence-corrected chi connectivity index (χ2v) is 7.31. The molecule has 1 aromatic rings. The van der Waals surface area contributed by atoms with Gasteiger partial charge >= 0.3 is 0 Å². The molecular formula is C17H24O2S. The van der Waals surface area contributed by atoms with E-state index in [2.05, 4.69) is 6.58 Å². The van der Waals surface area contributed by atoms with Gasteiger partial charge in [-0.1, -0.05) is 41.5 Å². The van der Waals surface area contributed by atoms with Crippen LogP contribution in [0.5, 0.6) is 0 Å². The van der Waals surface area contributed by atoms with Crippen molar-refractivity contribution in [3.63, 3.8) is 0 Å². The van der Waals surface area contributed by atoms with Crippen molar-refractivity contribution in [2.24, 2.45) is 0 Å². The SMILES string of the molecule is [2H]C(CCC=C(C)C)(C(=C)C)S(=O)(=O)c1ccc(C)cc1. The standard InChI is InChI=1S/C17H24O2S/c1-13(2)7-6-8-17(14(3)4)20(18,19)16-11-9-15(5)10-12-16/h7,9-12,17H,3,6,8H2,1-2,4-5H3/i17D. The molecule has 0 N–H and O–H groups in total. The molecule has 3 heteroatoms. The molecule has 1 rings (SSSR count). The Morgan fingerprint density at radius 2 is 1.85 bits per heavy atom. The topological polar surface area (TPSA) is 34.1 Å². The van der Waals surface area contributed by atoms with Gasteiger partial charge in [0.15, 0.2) is 9.84 Å². The third-order valence-corrected chi connectivity index (χ3v) is 5.15. The van der Waals surface area contributed by atoms with Gasteiger partial charge in [-0.3, -0.25) is 0 Å². The second kappa shape index (κ2) is 6.89. The van der Waals surface area contributed by atoms with Gasteiger partial charge in [0, 0.05) is 0 Å². The molecule has 0 aliphatic carbocycles. The minimum absolute atomic E-state index is 0.184. The van der Waals surface area contributed by atoms with Crippen LogP contribution in [0.25, 0.3) is 0 Å². The summed E-state index contributed by atoms with van der Waals surface area (Å²) in [6.07, 6.45) is 2.71. The summed E-state index contributed by atoms with van der Waals surface area (Å²) in [5.74, 6) is 0. The Labute approximate surface area is 124 Å². The average molecular weight is 293 g/mol. The summed E-state index contributed by atoms with van der Waals surface area (Å²) in [5, 5.41) is -1.69. The lowest BCUT2D eigenvalue weighted by Crippen LogP contribution is -2.22. The molecule has 1 aromatic carbocycles. The molecule has 1 unspecified atom stereocenters. The van der Waals surface area contributed by atoms with Gasteiger partial charge in [0.25, 0.3) is 0 Å². The molecule has 20 heavy (non-hydrogen) atoms. The largest absolute Gasteiger partial charge is 0.223 e. The number of allylic oxidation sites excluding steroid dienone is 2. The Hall–Kier alpha value is -1.35. The molecule has 0 heterocycles. The first-order chi connectivity index (χ1) is 9.61. The molecule has 1 atom stereocenters. The quantitative estimate of drug-likeness (QED) is 0.726. The molecule has 0 bridgehead atoms. The van der Waals surface area contributed by atoms with E-state index in [1.54, 1.807) is 31.2 Å². The van der Waals surface area contributed by atoms with Crippen molar-refractivity contribution >= 4 is 9.84 Å². The van der Waals surface area contributed by atoms with Crippen LogP contribution in [0.1, 0.15) is 40.5 Å². The van der Waals surface area contributed by atoms with E-state index in [1.807, 2.05) is 26.8 Å². The molecule has 0 radical (unpaired) electrons. The number of sulfone groups is 1. The van der Waals surface area contributed by atoms with E-state index in [0.717, 1.165) is 11.1 Å². The second-order valence-electron chi connectivity index (χ2n) is 5.34. The van der Waals surface area contributed by atoms with Crippen LogP contribution in [-0.4, -0.2) is 13.6 Å². The van der Waals surface area contributed by atoms with E-state index in [4.69, 9.17) is 1.37 Å². The molecule has 0 aliphatic heterocycles. The van der Waals surface area contributed by atoms with E-state index in [0.29, 0.717) is 12.0 Å². The summed E-state index contributed by atoms with van der Waals surface area (Å²) in [7, 11) is -3.78. The fourth-order valence-corrected chi connectivity index (χ4v) is 3.55. The maximum absolute atomic E-state index is 12.8. The van der Waals surface area contributed by atoms with Crippen LogP contribution < -0.4 is 0 Å². The molecule has 110 valence electrons. The number of benzene rings is 1. The highest BCUT2D eigenvalue weighted by Crippen LogP contribution is 2.25. The normalized spacial score (nSPS) is 15.1. The Morgan fingerprint density at radius 3 is 2.30 bits per heavy atom. The first-order valence-electron chi connectivity index (χ1n) is 7.22. The summed E-state index contributed by atoms with van der Waals surface area (Å²) < 4.78 is 34.1. The van der Waals surface area contributed by atoms with Crippen molar-refractivity contribution < 1.29 is 9.79 Å². The van der Waals surface area contributed by atoms with E-state index in [-0.39, 0.29) is 11.3 Å². The zero-order valence-electron chi connectivity index (χ0n) is 13.7. The fraction of sp³-hybridized carbons (Fsp3) is 0.412. The lowest BCUT2D eigenvalue weighted by molar-refractivity contribution is 0.581. The molecule has 0 aliphatic rings. The highest BCUT2D eigenvalue weighted by molar-refractivity contribution is 7.92. The van der Waals surface area contributed by atoms with E-state index in [1.165, 1.54) is 0 Å². The van der Waals surface area contributed by atoms with Crippen LogP contribution in [0.4, 0.5) is 0 Å². The van der Waals surface area contributed by atoms with Gasteiger partial charge in [0.05, 0.1) is 11.5 Å². The van der Waals surface area contributed by atoms with Crippen molar-refractivity contribution in [1.82, 2.24) is 0 Å². The number of hydrogen-bond donors (Lipinski definition) is 0. The molecule has 0 saturated heterocycles. The third kappa shape index (κ3) is 4.34. The molecule has 0 aromatic heterocycles. The molecule has 2 nitrogen and oxygen atoms in total. The molecule has 0 amide bonds. The van der Waals surface area contributed by atoms with E-state index >= 15 is 0 Å². The average Bonchev–Trinajstić information content (AvgIpc) is 2.38. The first kappa shape index (κ1) is 15.0. The number of rotatable bonds is 6. The Kier molecular flexibility index (Phi) is 5.18. The first-order valence-corrected chi connectivity index (χ1v) is 8.20. The summed E-state index contributed by atoms with van der Waals surface area (Å²) >= 11 is 0. The Morgan fingerprint density at radius 1 is 1.30 bits per heavy atom. The fourth-order valence-electron chi connectivity index (χ4n) is 1.93. The minimum atomic E-state index is -3.78. The van der Waals surface area contributed by atoms with Crippen molar-refractivity contribution in [2.75, 3.05) is 0 Å². The highest BCUT2D eigenvalue weighted by Gasteiger charge is 2.27. The van der Waals surface area contributed by atoms with Gasteiger partial charge in [0.1, 0.15) is 0 Å². The smallest absolute Gasteiger partial charge is 0.185 e. The summed E-state index contributed by atoms with van der Waals surface area (Å²) in [5.41, 5.74) is 2.46. The predicted octanol–water partition coefficient (Wildman–Crippen LogP) is 4.46. The lowest BCUT2D eigenvalue weighted by Gasteiger charge is -2.17. The Balaban J connectivity index is 3.22. The third-order valence-electron chi connectivity index (χ3n) is 3.06. The van der Waals surface area contributed by atoms with Gasteiger partial charge in [-0.25, -0.2) is 8.42 Å². The van der Waals surface area contributed by atoms with Crippen LogP contribution >= 0.6 is 0 Å². The number of aryl methyl sites for hydroxylation is 1. The van der Waals surface area contributed by atoms with Gasteiger partial charge in [-0.15, -0.1) is 0 Å². The van der Waals surface area contributed by atoms with E-state index < -0.39 is 15.1 Å². The molecular weight excluding hydrogens is 268 g/mol. The van der Waals surface area contributed by atoms with E-state index in [9.17, 15) is 8.42 Å². The van der Waals surface area contributed by atoms with Crippen molar-refractivity contribution in [3.05, 3.63) is 53.6 Å². The lowest BCUT2D eigenvalue weighted by atomic mass is 10.1. The van der Waals surface area contributed by atoms with Crippen LogP contribution in [0.3, 0.4) is 0 Å². The zero-order chi connectivity index (χ0) is 16.3. The molecule has 0 saturated carbocycles. The summed E-state index contributed by atoms with van der Waals surface area (Å²) in [4.78, 5) is 0.184. The van der Waals surface area contributed by atoms with Crippen molar-refractivity contribution in [1.29, 1.82) is 0 Å². The zero-order valence-corrected chi connectivity index (χ0v) is 13.5. The van der Waals surface area contributed by atoms with Crippen LogP contribution in [0.2, 0.25) is 0 Å². The molecule has 0 fully saturated rings. The van der Waals surface area contributed by atoms with Gasteiger partial charge in [-0.2, -0.15) is 0 Å². The summed E-state index contributed by atoms with van der Waals surface area (Å²) in [6.45, 7) is 11.2. The summed E-state index contributed by atoms with van der Waals surface area (Å²) in [6, 6.07) is 6.64. The van der Waals surface area contributed by atoms with Crippen molar-refractivity contribution in [3.8, 4) is 0 Å². The number of hydrogen-bond acceptors (Lipinski definition) is 2. The van der Waals surface area contributed by atoms with Crippen molar-refractivity contribution in [2.45, 2.75) is 50.7 Å². The van der Waals surface area contributed by atoms with Crippen LogP contribution in [0.15, 0.2) is 53.0 Å². The van der Waals surface area contributed by atoms with Gasteiger partial charge in [-0.05, 0) is 52.7 Å². The van der Waals surface area contributed by atoms with Crippen LogP contribution in [-0.2, 0) is 9.84 Å². The maximum Gasteiger partial charge on any atom is 0.185 e. The van der Waals surface area contributed by atoms with Gasteiger partial charge in [0.2, 0.25) is 0 Å². The maximum atomic E-state index is 12.8. The minimum Gasteiger partial charge on any atom is -0.223 e. The predicted molar refractivity (Wildman–Crippen MR) is 85.6 cm³/mol. The highest BCUT2D eigenvalue weighted by atomic mass is 32.2.